The molecule has 3 aromatic rings. The molecular weight excluding hydrogens is 366 g/mol. The number of aryl methyl sites for hydroxylation is 2. The summed E-state index contributed by atoms with van der Waals surface area (Å²) < 4.78 is 6.45. The summed E-state index contributed by atoms with van der Waals surface area (Å²) >= 11 is 4.86. The van der Waals surface area contributed by atoms with E-state index in [1.807, 2.05) is 44.2 Å². The lowest BCUT2D eigenvalue weighted by Gasteiger charge is -2.05. The van der Waals surface area contributed by atoms with Crippen LogP contribution in [-0.2, 0) is 0 Å². The molecule has 112 valence electrons. The highest BCUT2D eigenvalue weighted by molar-refractivity contribution is 9.11. The highest BCUT2D eigenvalue weighted by atomic mass is 79.9. The van der Waals surface area contributed by atoms with E-state index in [0.717, 1.165) is 19.8 Å². The number of hydrogen-bond acceptors (Lipinski definition) is 5. The Morgan fingerprint density at radius 3 is 2.77 bits per heavy atom. The van der Waals surface area contributed by atoms with Crippen LogP contribution in [0.5, 0.6) is 0 Å². The fourth-order valence-corrected chi connectivity index (χ4v) is 3.25. The number of carbonyl (C=O) groups is 1. The molecule has 1 aromatic carbocycles. The molecule has 0 radical (unpaired) electrons. The number of amides is 1. The number of carbonyl (C=O) groups excluding carboxylic acids is 1. The predicted molar refractivity (Wildman–Crippen MR) is 89.2 cm³/mol. The van der Waals surface area contributed by atoms with Crippen LogP contribution in [0.4, 0.5) is 6.01 Å². The summed E-state index contributed by atoms with van der Waals surface area (Å²) in [4.78, 5) is 13.1. The molecular formula is C15H12BrN3O2S. The molecule has 3 rings (SSSR count). The molecule has 0 bridgehead atoms. The van der Waals surface area contributed by atoms with Crippen molar-refractivity contribution >= 4 is 39.2 Å². The van der Waals surface area contributed by atoms with E-state index in [-0.39, 0.29) is 11.9 Å². The van der Waals surface area contributed by atoms with Gasteiger partial charge >= 0.3 is 6.01 Å². The average molecular weight is 378 g/mol. The van der Waals surface area contributed by atoms with Crippen molar-refractivity contribution in [3.05, 3.63) is 50.8 Å². The van der Waals surface area contributed by atoms with Crippen LogP contribution < -0.4 is 5.32 Å². The van der Waals surface area contributed by atoms with Crippen molar-refractivity contribution in [2.75, 3.05) is 5.32 Å². The number of rotatable bonds is 3. The molecule has 22 heavy (non-hydrogen) atoms. The number of benzene rings is 1. The lowest BCUT2D eigenvalue weighted by molar-refractivity contribution is 0.102. The lowest BCUT2D eigenvalue weighted by atomic mass is 10.1. The van der Waals surface area contributed by atoms with Crippen molar-refractivity contribution in [3.63, 3.8) is 0 Å². The minimum absolute atomic E-state index is 0.0884. The first-order valence-corrected chi connectivity index (χ1v) is 8.12. The molecule has 0 aliphatic heterocycles. The van der Waals surface area contributed by atoms with Crippen LogP contribution in [0.2, 0.25) is 0 Å². The molecule has 0 saturated heterocycles. The fraction of sp³-hybridized carbons (Fsp3) is 0.133. The van der Waals surface area contributed by atoms with E-state index in [9.17, 15) is 4.79 Å². The van der Waals surface area contributed by atoms with E-state index < -0.39 is 0 Å². The highest BCUT2D eigenvalue weighted by Crippen LogP contribution is 2.31. The largest absolute Gasteiger partial charge is 0.402 e. The molecule has 0 aliphatic carbocycles. The molecule has 0 atom stereocenters. The monoisotopic (exact) mass is 377 g/mol. The summed E-state index contributed by atoms with van der Waals surface area (Å²) in [7, 11) is 0. The minimum Gasteiger partial charge on any atom is -0.402 e. The number of nitrogens with one attached hydrogen (secondary N) is 1. The molecule has 0 aliphatic rings. The van der Waals surface area contributed by atoms with E-state index in [2.05, 4.69) is 31.4 Å². The van der Waals surface area contributed by atoms with Gasteiger partial charge in [-0.1, -0.05) is 22.8 Å². The maximum atomic E-state index is 12.3. The van der Waals surface area contributed by atoms with Crippen LogP contribution in [-0.4, -0.2) is 16.1 Å². The number of aromatic nitrogens is 2. The van der Waals surface area contributed by atoms with Crippen LogP contribution in [0, 0.1) is 13.8 Å². The summed E-state index contributed by atoms with van der Waals surface area (Å²) in [5.41, 5.74) is 2.51. The zero-order valence-corrected chi connectivity index (χ0v) is 14.3. The Hall–Kier alpha value is -1.99. The summed E-state index contributed by atoms with van der Waals surface area (Å²) in [6, 6.07) is 9.57. The van der Waals surface area contributed by atoms with Crippen molar-refractivity contribution < 1.29 is 9.21 Å². The van der Waals surface area contributed by atoms with E-state index >= 15 is 0 Å². The third-order valence-corrected chi connectivity index (χ3v) is 4.68. The summed E-state index contributed by atoms with van der Waals surface area (Å²) in [6.45, 7) is 3.83. The van der Waals surface area contributed by atoms with Gasteiger partial charge in [0.1, 0.15) is 0 Å². The Morgan fingerprint density at radius 1 is 1.23 bits per heavy atom. The number of thiophene rings is 1. The Morgan fingerprint density at radius 2 is 2.05 bits per heavy atom. The predicted octanol–water partition coefficient (Wildman–Crippen LogP) is 4.43. The average Bonchev–Trinajstić information content (AvgIpc) is 3.10. The van der Waals surface area contributed by atoms with Crippen LogP contribution in [0.15, 0.2) is 38.5 Å². The fourth-order valence-electron chi connectivity index (χ4n) is 1.95. The van der Waals surface area contributed by atoms with Crippen molar-refractivity contribution in [2.45, 2.75) is 13.8 Å². The van der Waals surface area contributed by atoms with Crippen LogP contribution in [0.25, 0.3) is 10.8 Å². The van der Waals surface area contributed by atoms with Gasteiger partial charge < -0.3 is 4.42 Å². The van der Waals surface area contributed by atoms with Crippen molar-refractivity contribution in [3.8, 4) is 10.8 Å². The quantitative estimate of drug-likeness (QED) is 0.732. The van der Waals surface area contributed by atoms with Crippen molar-refractivity contribution in [1.29, 1.82) is 0 Å². The maximum absolute atomic E-state index is 12.3. The van der Waals surface area contributed by atoms with Crippen molar-refractivity contribution in [1.82, 2.24) is 10.2 Å². The Kier molecular flexibility index (Phi) is 4.08. The van der Waals surface area contributed by atoms with Gasteiger partial charge in [-0.05, 0) is 53.5 Å². The van der Waals surface area contributed by atoms with Crippen LogP contribution in [0.3, 0.4) is 0 Å². The highest BCUT2D eigenvalue weighted by Gasteiger charge is 2.15. The molecule has 2 heterocycles. The summed E-state index contributed by atoms with van der Waals surface area (Å²) in [5, 5.41) is 10.4. The van der Waals surface area contributed by atoms with Gasteiger partial charge in [0.15, 0.2) is 0 Å². The Labute approximate surface area is 139 Å². The molecule has 0 fully saturated rings. The molecule has 1 N–H and O–H groups in total. The van der Waals surface area contributed by atoms with Gasteiger partial charge in [-0.15, -0.1) is 16.4 Å². The molecule has 5 nitrogen and oxygen atoms in total. The number of hydrogen-bond donors (Lipinski definition) is 1. The molecule has 1 amide bonds. The van der Waals surface area contributed by atoms with E-state index in [1.54, 1.807) is 0 Å². The molecule has 0 unspecified atom stereocenters. The molecule has 0 spiro atoms. The van der Waals surface area contributed by atoms with Crippen LogP contribution in [0.1, 0.15) is 21.5 Å². The smallest absolute Gasteiger partial charge is 0.322 e. The molecule has 7 heteroatoms. The van der Waals surface area contributed by atoms with Gasteiger partial charge in [-0.25, -0.2) is 0 Å². The standard InChI is InChI=1S/C15H12BrN3O2S/c1-8-3-4-9(2)10(7-8)13(20)17-15-19-18-14(21-15)11-5-6-12(16)22-11/h3-7H,1-2H3,(H,17,19,20). The third-order valence-electron chi connectivity index (χ3n) is 3.07. The normalized spacial score (nSPS) is 10.7. The van der Waals surface area contributed by atoms with E-state index in [1.165, 1.54) is 11.3 Å². The van der Waals surface area contributed by atoms with Gasteiger partial charge in [-0.3, -0.25) is 10.1 Å². The first-order chi connectivity index (χ1) is 10.5. The van der Waals surface area contributed by atoms with Crippen molar-refractivity contribution in [2.24, 2.45) is 0 Å². The van der Waals surface area contributed by atoms with Gasteiger partial charge in [0.25, 0.3) is 11.8 Å². The van der Waals surface area contributed by atoms with E-state index in [4.69, 9.17) is 4.42 Å². The SMILES string of the molecule is Cc1ccc(C)c(C(=O)Nc2nnc(-c3ccc(Br)s3)o2)c1. The second-order valence-electron chi connectivity index (χ2n) is 4.79. The van der Waals surface area contributed by atoms with Crippen LogP contribution >= 0.6 is 27.3 Å². The summed E-state index contributed by atoms with van der Waals surface area (Å²) in [5.74, 6) is 0.121. The maximum Gasteiger partial charge on any atom is 0.322 e. The van der Waals surface area contributed by atoms with Gasteiger partial charge in [0.2, 0.25) is 0 Å². The van der Waals surface area contributed by atoms with Gasteiger partial charge in [0, 0.05) is 5.56 Å². The second-order valence-corrected chi connectivity index (χ2v) is 7.25. The zero-order chi connectivity index (χ0) is 15.7. The number of anilines is 1. The topological polar surface area (TPSA) is 68.0 Å². The lowest BCUT2D eigenvalue weighted by Crippen LogP contribution is -2.13. The van der Waals surface area contributed by atoms with Gasteiger partial charge in [0.05, 0.1) is 8.66 Å². The molecule has 2 aromatic heterocycles. The number of halogens is 1. The first kappa shape index (κ1) is 14.9. The Bertz CT molecular complexity index is 841. The van der Waals surface area contributed by atoms with E-state index in [0.29, 0.717) is 11.5 Å². The van der Waals surface area contributed by atoms with Gasteiger partial charge in [-0.2, -0.15) is 0 Å². The molecule has 0 saturated carbocycles. The Balaban J connectivity index is 1.80. The summed E-state index contributed by atoms with van der Waals surface area (Å²) in [6.07, 6.45) is 0. The minimum atomic E-state index is -0.260. The second kappa shape index (κ2) is 6.02. The number of nitrogens with zero attached hydrogens (tertiary/aromatic N) is 2. The third kappa shape index (κ3) is 3.10. The first-order valence-electron chi connectivity index (χ1n) is 6.51. The zero-order valence-electron chi connectivity index (χ0n) is 11.9.